The van der Waals surface area contributed by atoms with Gasteiger partial charge in [0.1, 0.15) is 11.5 Å². The summed E-state index contributed by atoms with van der Waals surface area (Å²) in [5.41, 5.74) is 9.11. The summed E-state index contributed by atoms with van der Waals surface area (Å²) in [6.45, 7) is 0.521. The highest BCUT2D eigenvalue weighted by atomic mass is 35.5. The predicted octanol–water partition coefficient (Wildman–Crippen LogP) is 4.08. The minimum absolute atomic E-state index is 0.104. The van der Waals surface area contributed by atoms with Gasteiger partial charge in [-0.1, -0.05) is 29.3 Å². The predicted molar refractivity (Wildman–Crippen MR) is 111 cm³/mol. The van der Waals surface area contributed by atoms with Crippen LogP contribution in [0.3, 0.4) is 0 Å². The van der Waals surface area contributed by atoms with Gasteiger partial charge in [-0.3, -0.25) is 9.71 Å². The van der Waals surface area contributed by atoms with Crippen molar-refractivity contribution in [1.82, 2.24) is 4.98 Å². The van der Waals surface area contributed by atoms with E-state index in [0.717, 1.165) is 5.56 Å². The molecule has 0 bridgehead atoms. The molecule has 0 aliphatic carbocycles. The number of hydrogen-bond acceptors (Lipinski definition) is 5. The van der Waals surface area contributed by atoms with Crippen LogP contribution in [-0.4, -0.2) is 19.2 Å². The van der Waals surface area contributed by atoms with Crippen LogP contribution in [0.2, 0.25) is 10.0 Å². The number of pyridine rings is 1. The molecule has 0 saturated carbocycles. The number of aromatic nitrogens is 1. The number of halogens is 2. The Morgan fingerprint density at radius 1 is 1.00 bits per heavy atom. The van der Waals surface area contributed by atoms with Gasteiger partial charge in [0.2, 0.25) is 0 Å². The normalized spacial score (nSPS) is 13.1. The molecule has 142 valence electrons. The van der Waals surface area contributed by atoms with Gasteiger partial charge < -0.3 is 5.73 Å². The zero-order valence-electron chi connectivity index (χ0n) is 14.4. The first-order valence-electron chi connectivity index (χ1n) is 8.22. The van der Waals surface area contributed by atoms with Crippen molar-refractivity contribution in [2.24, 2.45) is 10.7 Å². The number of amidine groups is 1. The van der Waals surface area contributed by atoms with Gasteiger partial charge in [-0.25, -0.2) is 13.4 Å². The van der Waals surface area contributed by atoms with E-state index in [0.29, 0.717) is 45.1 Å². The van der Waals surface area contributed by atoms with Crippen LogP contribution in [0.4, 0.5) is 5.69 Å². The van der Waals surface area contributed by atoms with E-state index in [1.165, 1.54) is 30.3 Å². The molecule has 28 heavy (non-hydrogen) atoms. The molecule has 2 aromatic carbocycles. The standard InChI is InChI=1S/C19H14Cl2N4O2S/c20-12-2-5-14(6-3-12)28(26,27)25-13-4-7-15(16(21)9-13)17-8-1-11-10-23-19(22)18(11)24-17/h1-9,25H,10H2,(H2,22,23). The van der Waals surface area contributed by atoms with Crippen molar-refractivity contribution in [3.63, 3.8) is 0 Å². The third kappa shape index (κ3) is 3.56. The maximum Gasteiger partial charge on any atom is 0.261 e. The first-order valence-corrected chi connectivity index (χ1v) is 10.5. The molecule has 0 spiro atoms. The monoisotopic (exact) mass is 432 g/mol. The maximum absolute atomic E-state index is 12.5. The van der Waals surface area contributed by atoms with Crippen molar-refractivity contribution >= 4 is 44.7 Å². The van der Waals surface area contributed by atoms with E-state index in [4.69, 9.17) is 28.9 Å². The van der Waals surface area contributed by atoms with Crippen molar-refractivity contribution in [2.75, 3.05) is 4.72 Å². The second-order valence-electron chi connectivity index (χ2n) is 6.16. The van der Waals surface area contributed by atoms with E-state index in [1.54, 1.807) is 12.1 Å². The fourth-order valence-corrected chi connectivity index (χ4v) is 4.30. The Morgan fingerprint density at radius 3 is 2.46 bits per heavy atom. The fourth-order valence-electron chi connectivity index (χ4n) is 2.85. The number of aliphatic imine (C=N–C) groups is 1. The number of rotatable bonds is 4. The van der Waals surface area contributed by atoms with E-state index >= 15 is 0 Å². The first-order chi connectivity index (χ1) is 13.3. The molecule has 2 heterocycles. The van der Waals surface area contributed by atoms with Gasteiger partial charge in [-0.05, 0) is 48.5 Å². The minimum Gasteiger partial charge on any atom is -0.382 e. The molecule has 0 saturated heterocycles. The average Bonchev–Trinajstić information content (AvgIpc) is 3.02. The van der Waals surface area contributed by atoms with Gasteiger partial charge >= 0.3 is 0 Å². The Bertz CT molecular complexity index is 1210. The third-order valence-electron chi connectivity index (χ3n) is 4.26. The smallest absolute Gasteiger partial charge is 0.261 e. The zero-order chi connectivity index (χ0) is 19.9. The van der Waals surface area contributed by atoms with Gasteiger partial charge in [-0.15, -0.1) is 0 Å². The zero-order valence-corrected chi connectivity index (χ0v) is 16.7. The topological polar surface area (TPSA) is 97.4 Å². The summed E-state index contributed by atoms with van der Waals surface area (Å²) in [5.74, 6) is 0.403. The van der Waals surface area contributed by atoms with Crippen LogP contribution in [-0.2, 0) is 16.6 Å². The van der Waals surface area contributed by atoms with E-state index in [2.05, 4.69) is 14.7 Å². The average molecular weight is 433 g/mol. The first kappa shape index (κ1) is 18.7. The van der Waals surface area contributed by atoms with Gasteiger partial charge in [0.25, 0.3) is 10.0 Å². The number of nitrogens with zero attached hydrogens (tertiary/aromatic N) is 2. The lowest BCUT2D eigenvalue weighted by molar-refractivity contribution is 0.601. The van der Waals surface area contributed by atoms with Gasteiger partial charge in [0.15, 0.2) is 0 Å². The summed E-state index contributed by atoms with van der Waals surface area (Å²) in [7, 11) is -3.75. The summed E-state index contributed by atoms with van der Waals surface area (Å²) in [5, 5.41) is 0.816. The largest absolute Gasteiger partial charge is 0.382 e. The molecule has 1 aliphatic heterocycles. The quantitative estimate of drug-likeness (QED) is 0.648. The molecule has 1 aliphatic rings. The Balaban J connectivity index is 1.63. The van der Waals surface area contributed by atoms with Crippen LogP contribution < -0.4 is 10.5 Å². The molecule has 0 fully saturated rings. The molecule has 1 aromatic heterocycles. The van der Waals surface area contributed by atoms with Crippen molar-refractivity contribution < 1.29 is 8.42 Å². The lowest BCUT2D eigenvalue weighted by Crippen LogP contribution is -2.13. The number of fused-ring (bicyclic) bond motifs is 1. The Kier molecular flexibility index (Phi) is 4.74. The third-order valence-corrected chi connectivity index (χ3v) is 6.22. The molecule has 0 radical (unpaired) electrons. The molecule has 9 heteroatoms. The minimum atomic E-state index is -3.75. The van der Waals surface area contributed by atoms with E-state index < -0.39 is 10.0 Å². The number of nitrogens with one attached hydrogen (secondary N) is 1. The highest BCUT2D eigenvalue weighted by molar-refractivity contribution is 7.92. The lowest BCUT2D eigenvalue weighted by Gasteiger charge is -2.11. The fraction of sp³-hybridized carbons (Fsp3) is 0.0526. The van der Waals surface area contributed by atoms with Crippen LogP contribution >= 0.6 is 23.2 Å². The molecule has 3 N–H and O–H groups in total. The molecule has 4 rings (SSSR count). The van der Waals surface area contributed by atoms with Gasteiger partial charge in [-0.2, -0.15) is 0 Å². The van der Waals surface area contributed by atoms with Crippen LogP contribution in [0.15, 0.2) is 64.5 Å². The second-order valence-corrected chi connectivity index (χ2v) is 8.69. The van der Waals surface area contributed by atoms with Crippen LogP contribution in [0.1, 0.15) is 11.3 Å². The van der Waals surface area contributed by atoms with Gasteiger partial charge in [0.05, 0.1) is 27.8 Å². The van der Waals surface area contributed by atoms with E-state index in [-0.39, 0.29) is 4.90 Å². The summed E-state index contributed by atoms with van der Waals surface area (Å²) in [6.07, 6.45) is 0. The van der Waals surface area contributed by atoms with Crippen molar-refractivity contribution in [3.05, 3.63) is 75.9 Å². The Hall–Kier alpha value is -2.61. The molecule has 3 aromatic rings. The molecule has 0 atom stereocenters. The van der Waals surface area contributed by atoms with Gasteiger partial charge in [0, 0.05) is 16.1 Å². The molecule has 6 nitrogen and oxygen atoms in total. The maximum atomic E-state index is 12.5. The Morgan fingerprint density at radius 2 is 1.75 bits per heavy atom. The highest BCUT2D eigenvalue weighted by Gasteiger charge is 2.18. The number of benzene rings is 2. The molecule has 0 amide bonds. The number of anilines is 1. The van der Waals surface area contributed by atoms with E-state index in [1.807, 2.05) is 12.1 Å². The van der Waals surface area contributed by atoms with Crippen molar-refractivity contribution in [3.8, 4) is 11.3 Å². The summed E-state index contributed by atoms with van der Waals surface area (Å²) in [6, 6.07) is 14.5. The van der Waals surface area contributed by atoms with Crippen LogP contribution in [0, 0.1) is 0 Å². The van der Waals surface area contributed by atoms with Crippen LogP contribution in [0.5, 0.6) is 0 Å². The van der Waals surface area contributed by atoms with E-state index in [9.17, 15) is 8.42 Å². The molecular weight excluding hydrogens is 419 g/mol. The molecular formula is C19H14Cl2N4O2S. The molecule has 0 unspecified atom stereocenters. The Labute approximate surface area is 172 Å². The number of hydrogen-bond donors (Lipinski definition) is 2. The second kappa shape index (κ2) is 7.09. The SMILES string of the molecule is NC1=NCc2ccc(-c3ccc(NS(=O)(=O)c4ccc(Cl)cc4)cc3Cl)nc21. The summed E-state index contributed by atoms with van der Waals surface area (Å²) >= 11 is 12.2. The highest BCUT2D eigenvalue weighted by Crippen LogP contribution is 2.31. The summed E-state index contributed by atoms with van der Waals surface area (Å²) in [4.78, 5) is 8.80. The number of sulfonamides is 1. The summed E-state index contributed by atoms with van der Waals surface area (Å²) < 4.78 is 27.5. The van der Waals surface area contributed by atoms with Crippen LogP contribution in [0.25, 0.3) is 11.3 Å². The lowest BCUT2D eigenvalue weighted by atomic mass is 10.1. The van der Waals surface area contributed by atoms with Crippen molar-refractivity contribution in [2.45, 2.75) is 11.4 Å². The number of nitrogens with two attached hydrogens (primary N) is 1. The van der Waals surface area contributed by atoms with Crippen molar-refractivity contribution in [1.29, 1.82) is 0 Å².